The minimum atomic E-state index is -0.153. The maximum atomic E-state index is 12.1. The largest absolute Gasteiger partial charge is 0.411 e. The van der Waals surface area contributed by atoms with Crippen LogP contribution in [0.25, 0.3) is 11.5 Å². The molecule has 0 aliphatic rings. The van der Waals surface area contributed by atoms with E-state index < -0.39 is 0 Å². The molecule has 0 unspecified atom stereocenters. The summed E-state index contributed by atoms with van der Waals surface area (Å²) in [4.78, 5) is 16.6. The normalized spacial score (nSPS) is 11.5. The third kappa shape index (κ3) is 4.70. The van der Waals surface area contributed by atoms with E-state index in [9.17, 15) is 4.79 Å². The topological polar surface area (TPSA) is 80.9 Å². The Kier molecular flexibility index (Phi) is 5.43. The summed E-state index contributed by atoms with van der Waals surface area (Å²) < 4.78 is 5.62. The summed E-state index contributed by atoms with van der Waals surface area (Å²) in [6.45, 7) is 8.27. The van der Waals surface area contributed by atoms with Gasteiger partial charge in [-0.1, -0.05) is 50.2 Å². The van der Waals surface area contributed by atoms with E-state index in [2.05, 4.69) is 41.3 Å². The van der Waals surface area contributed by atoms with Crippen LogP contribution in [0.2, 0.25) is 0 Å². The standard InChI is InChI=1S/C18H20N4O2S2/c1-11-6-5-7-12(8-11)15-21-22-17(24-15)26-10-14(23)20-16-19-13(9-25-16)18(2,3)4/h5-9H,10H2,1-4H3,(H,19,20,23). The van der Waals surface area contributed by atoms with Crippen LogP contribution < -0.4 is 5.32 Å². The van der Waals surface area contributed by atoms with Crippen LogP contribution in [0.3, 0.4) is 0 Å². The third-order valence-electron chi connectivity index (χ3n) is 3.52. The number of thiazole rings is 1. The van der Waals surface area contributed by atoms with E-state index in [1.165, 1.54) is 23.1 Å². The maximum Gasteiger partial charge on any atom is 0.277 e. The van der Waals surface area contributed by atoms with Crippen molar-refractivity contribution in [3.8, 4) is 11.5 Å². The first-order valence-electron chi connectivity index (χ1n) is 8.10. The molecule has 0 fully saturated rings. The maximum absolute atomic E-state index is 12.1. The van der Waals surface area contributed by atoms with E-state index in [1.54, 1.807) is 0 Å². The van der Waals surface area contributed by atoms with Crippen LogP contribution in [-0.2, 0) is 10.2 Å². The summed E-state index contributed by atoms with van der Waals surface area (Å²) in [6, 6.07) is 7.83. The lowest BCUT2D eigenvalue weighted by atomic mass is 9.93. The fourth-order valence-corrected chi connectivity index (χ4v) is 3.64. The molecule has 3 aromatic rings. The smallest absolute Gasteiger partial charge is 0.277 e. The Hall–Kier alpha value is -2.19. The second kappa shape index (κ2) is 7.59. The second-order valence-corrected chi connectivity index (χ2v) is 8.65. The van der Waals surface area contributed by atoms with Gasteiger partial charge in [0.05, 0.1) is 11.4 Å². The van der Waals surface area contributed by atoms with Crippen molar-refractivity contribution in [2.75, 3.05) is 11.1 Å². The number of rotatable bonds is 5. The summed E-state index contributed by atoms with van der Waals surface area (Å²) in [6.07, 6.45) is 0. The predicted octanol–water partition coefficient (Wildman–Crippen LogP) is 4.53. The van der Waals surface area contributed by atoms with Gasteiger partial charge in [0.25, 0.3) is 5.22 Å². The predicted molar refractivity (Wildman–Crippen MR) is 105 cm³/mol. The Bertz CT molecular complexity index is 912. The van der Waals surface area contributed by atoms with Crippen molar-refractivity contribution >= 4 is 34.1 Å². The molecule has 2 aromatic heterocycles. The Labute approximate surface area is 160 Å². The quantitative estimate of drug-likeness (QED) is 0.647. The third-order valence-corrected chi connectivity index (χ3v) is 5.09. The SMILES string of the molecule is Cc1cccc(-c2nnc(SCC(=O)Nc3nc(C(C)(C)C)cs3)o2)c1. The molecule has 1 amide bonds. The number of benzene rings is 1. The van der Waals surface area contributed by atoms with Crippen molar-refractivity contribution in [1.29, 1.82) is 0 Å². The van der Waals surface area contributed by atoms with Gasteiger partial charge in [0, 0.05) is 16.4 Å². The van der Waals surface area contributed by atoms with E-state index in [1.807, 2.05) is 36.6 Å². The zero-order valence-electron chi connectivity index (χ0n) is 15.1. The summed E-state index contributed by atoms with van der Waals surface area (Å²) in [5, 5.41) is 13.8. The molecule has 6 nitrogen and oxygen atoms in total. The monoisotopic (exact) mass is 388 g/mol. The van der Waals surface area contributed by atoms with Gasteiger partial charge >= 0.3 is 0 Å². The zero-order valence-corrected chi connectivity index (χ0v) is 16.7. The molecule has 0 aliphatic heterocycles. The van der Waals surface area contributed by atoms with Crippen molar-refractivity contribution in [3.05, 3.63) is 40.9 Å². The van der Waals surface area contributed by atoms with Crippen molar-refractivity contribution in [1.82, 2.24) is 15.2 Å². The fraction of sp³-hybridized carbons (Fsp3) is 0.333. The van der Waals surface area contributed by atoms with Crippen molar-refractivity contribution < 1.29 is 9.21 Å². The molecule has 0 radical (unpaired) electrons. The van der Waals surface area contributed by atoms with Gasteiger partial charge in [0.2, 0.25) is 11.8 Å². The highest BCUT2D eigenvalue weighted by Crippen LogP contribution is 2.27. The van der Waals surface area contributed by atoms with E-state index in [0.717, 1.165) is 16.8 Å². The van der Waals surface area contributed by atoms with E-state index in [0.29, 0.717) is 16.2 Å². The number of nitrogens with zero attached hydrogens (tertiary/aromatic N) is 3. The van der Waals surface area contributed by atoms with Crippen LogP contribution in [0.15, 0.2) is 39.3 Å². The molecular formula is C18H20N4O2S2. The number of amides is 1. The number of aryl methyl sites for hydroxylation is 1. The van der Waals surface area contributed by atoms with Crippen LogP contribution in [0.1, 0.15) is 32.0 Å². The molecule has 0 bridgehead atoms. The molecule has 136 valence electrons. The van der Waals surface area contributed by atoms with Crippen molar-refractivity contribution in [2.24, 2.45) is 0 Å². The average Bonchev–Trinajstić information content (AvgIpc) is 3.22. The number of carbonyl (C=O) groups excluding carboxylic acids is 1. The number of thioether (sulfide) groups is 1. The molecular weight excluding hydrogens is 368 g/mol. The molecule has 0 saturated heterocycles. The summed E-state index contributed by atoms with van der Waals surface area (Å²) in [5.74, 6) is 0.478. The number of aromatic nitrogens is 3. The zero-order chi connectivity index (χ0) is 18.7. The van der Waals surface area contributed by atoms with Crippen LogP contribution in [0, 0.1) is 6.92 Å². The highest BCUT2D eigenvalue weighted by Gasteiger charge is 2.18. The molecule has 3 rings (SSSR count). The number of carbonyl (C=O) groups is 1. The van der Waals surface area contributed by atoms with Gasteiger partial charge in [0.15, 0.2) is 5.13 Å². The van der Waals surface area contributed by atoms with Gasteiger partial charge in [0.1, 0.15) is 0 Å². The lowest BCUT2D eigenvalue weighted by Gasteiger charge is -2.14. The molecule has 2 heterocycles. The molecule has 8 heteroatoms. The highest BCUT2D eigenvalue weighted by atomic mass is 32.2. The highest BCUT2D eigenvalue weighted by molar-refractivity contribution is 7.99. The molecule has 1 aromatic carbocycles. The molecule has 0 spiro atoms. The number of hydrogen-bond donors (Lipinski definition) is 1. The molecule has 0 saturated carbocycles. The Balaban J connectivity index is 1.56. The molecule has 0 atom stereocenters. The van der Waals surface area contributed by atoms with Gasteiger partial charge in [-0.15, -0.1) is 21.5 Å². The average molecular weight is 389 g/mol. The van der Waals surface area contributed by atoms with E-state index >= 15 is 0 Å². The second-order valence-electron chi connectivity index (χ2n) is 6.87. The lowest BCUT2D eigenvalue weighted by Crippen LogP contribution is -2.15. The van der Waals surface area contributed by atoms with Crippen LogP contribution in [-0.4, -0.2) is 26.8 Å². The first-order chi connectivity index (χ1) is 12.3. The van der Waals surface area contributed by atoms with Gasteiger partial charge in [-0.2, -0.15) is 0 Å². The minimum Gasteiger partial charge on any atom is -0.411 e. The Morgan fingerprint density at radius 1 is 1.31 bits per heavy atom. The number of nitrogens with one attached hydrogen (secondary N) is 1. The number of anilines is 1. The number of hydrogen-bond acceptors (Lipinski definition) is 7. The minimum absolute atomic E-state index is 0.0375. The molecule has 0 aliphatic carbocycles. The Morgan fingerprint density at radius 3 is 2.81 bits per heavy atom. The summed E-state index contributed by atoms with van der Waals surface area (Å²) in [7, 11) is 0. The lowest BCUT2D eigenvalue weighted by molar-refractivity contribution is -0.113. The Morgan fingerprint density at radius 2 is 2.12 bits per heavy atom. The summed E-state index contributed by atoms with van der Waals surface area (Å²) in [5.41, 5.74) is 2.91. The fourth-order valence-electron chi connectivity index (χ4n) is 2.12. The van der Waals surface area contributed by atoms with E-state index in [4.69, 9.17) is 4.42 Å². The first-order valence-corrected chi connectivity index (χ1v) is 9.97. The van der Waals surface area contributed by atoms with Crippen molar-refractivity contribution in [2.45, 2.75) is 38.3 Å². The van der Waals surface area contributed by atoms with Crippen LogP contribution >= 0.6 is 23.1 Å². The first kappa shape index (κ1) is 18.6. The van der Waals surface area contributed by atoms with Crippen LogP contribution in [0.5, 0.6) is 0 Å². The van der Waals surface area contributed by atoms with Gasteiger partial charge in [-0.25, -0.2) is 4.98 Å². The molecule has 1 N–H and O–H groups in total. The summed E-state index contributed by atoms with van der Waals surface area (Å²) >= 11 is 2.63. The van der Waals surface area contributed by atoms with Gasteiger partial charge < -0.3 is 9.73 Å². The van der Waals surface area contributed by atoms with E-state index in [-0.39, 0.29) is 17.1 Å². The van der Waals surface area contributed by atoms with Gasteiger partial charge in [-0.05, 0) is 19.1 Å². The molecule has 26 heavy (non-hydrogen) atoms. The van der Waals surface area contributed by atoms with Crippen molar-refractivity contribution in [3.63, 3.8) is 0 Å². The van der Waals surface area contributed by atoms with Gasteiger partial charge in [-0.3, -0.25) is 4.79 Å². The van der Waals surface area contributed by atoms with Crippen LogP contribution in [0.4, 0.5) is 5.13 Å².